The topological polar surface area (TPSA) is 62.2 Å². The van der Waals surface area contributed by atoms with Crippen LogP contribution in [0.25, 0.3) is 10.4 Å². The number of anilines is 1. The summed E-state index contributed by atoms with van der Waals surface area (Å²) in [5.41, 5.74) is 1.68. The van der Waals surface area contributed by atoms with Gasteiger partial charge < -0.3 is 10.4 Å². The first kappa shape index (κ1) is 12.6. The standard InChI is InChI=1S/C13H14N2O2S/c1-2-5-15-10-8-11(18-12(10)13(16)17)9-3-6-14-7-4-9/h3-4,6-8,15H,2,5H2,1H3,(H,16,17). The molecule has 4 nitrogen and oxygen atoms in total. The molecule has 2 aromatic heterocycles. The van der Waals surface area contributed by atoms with E-state index in [1.165, 1.54) is 11.3 Å². The molecule has 2 heterocycles. The lowest BCUT2D eigenvalue weighted by molar-refractivity contribution is 0.0703. The Morgan fingerprint density at radius 3 is 2.78 bits per heavy atom. The Labute approximate surface area is 109 Å². The number of nitrogens with zero attached hydrogens (tertiary/aromatic N) is 1. The molecule has 0 fully saturated rings. The fraction of sp³-hybridized carbons (Fsp3) is 0.231. The summed E-state index contributed by atoms with van der Waals surface area (Å²) in [5, 5.41) is 12.3. The summed E-state index contributed by atoms with van der Waals surface area (Å²) in [7, 11) is 0. The summed E-state index contributed by atoms with van der Waals surface area (Å²) in [6.45, 7) is 2.82. The summed E-state index contributed by atoms with van der Waals surface area (Å²) >= 11 is 1.28. The van der Waals surface area contributed by atoms with E-state index in [2.05, 4.69) is 10.3 Å². The van der Waals surface area contributed by atoms with Crippen LogP contribution in [0.5, 0.6) is 0 Å². The highest BCUT2D eigenvalue weighted by Crippen LogP contribution is 2.34. The quantitative estimate of drug-likeness (QED) is 0.867. The van der Waals surface area contributed by atoms with Crippen LogP contribution in [-0.4, -0.2) is 22.6 Å². The summed E-state index contributed by atoms with van der Waals surface area (Å²) in [6.07, 6.45) is 4.36. The van der Waals surface area contributed by atoms with E-state index < -0.39 is 5.97 Å². The maximum Gasteiger partial charge on any atom is 0.348 e. The van der Waals surface area contributed by atoms with Crippen LogP contribution >= 0.6 is 11.3 Å². The van der Waals surface area contributed by atoms with Crippen molar-refractivity contribution in [2.75, 3.05) is 11.9 Å². The van der Waals surface area contributed by atoms with Gasteiger partial charge in [-0.1, -0.05) is 6.92 Å². The smallest absolute Gasteiger partial charge is 0.348 e. The van der Waals surface area contributed by atoms with E-state index in [-0.39, 0.29) is 0 Å². The molecule has 18 heavy (non-hydrogen) atoms. The summed E-state index contributed by atoms with van der Waals surface area (Å²) in [5.74, 6) is -0.890. The third-order valence-corrected chi connectivity index (χ3v) is 3.63. The molecule has 0 saturated heterocycles. The van der Waals surface area contributed by atoms with E-state index in [0.29, 0.717) is 10.6 Å². The molecule has 0 aliphatic heterocycles. The number of hydrogen-bond acceptors (Lipinski definition) is 4. The first-order valence-corrected chi connectivity index (χ1v) is 6.55. The molecule has 0 aliphatic carbocycles. The molecule has 2 aromatic rings. The molecule has 0 aliphatic rings. The number of aromatic carboxylic acids is 1. The van der Waals surface area contributed by atoms with Gasteiger partial charge in [-0.05, 0) is 30.2 Å². The lowest BCUT2D eigenvalue weighted by Crippen LogP contribution is -2.03. The maximum atomic E-state index is 11.2. The average molecular weight is 262 g/mol. The van der Waals surface area contributed by atoms with Crippen molar-refractivity contribution in [3.05, 3.63) is 35.5 Å². The van der Waals surface area contributed by atoms with E-state index >= 15 is 0 Å². The Kier molecular flexibility index (Phi) is 3.94. The monoisotopic (exact) mass is 262 g/mol. The van der Waals surface area contributed by atoms with E-state index in [1.54, 1.807) is 12.4 Å². The molecule has 0 bridgehead atoms. The number of thiophene rings is 1. The number of pyridine rings is 1. The summed E-state index contributed by atoms with van der Waals surface area (Å²) in [4.78, 5) is 16.4. The highest BCUT2D eigenvalue weighted by atomic mass is 32.1. The van der Waals surface area contributed by atoms with Crippen LogP contribution in [-0.2, 0) is 0 Å². The SMILES string of the molecule is CCCNc1cc(-c2ccncc2)sc1C(=O)O. The van der Waals surface area contributed by atoms with E-state index in [4.69, 9.17) is 0 Å². The van der Waals surface area contributed by atoms with Crippen molar-refractivity contribution in [2.45, 2.75) is 13.3 Å². The van der Waals surface area contributed by atoms with Crippen LogP contribution in [0.2, 0.25) is 0 Å². The van der Waals surface area contributed by atoms with Crippen LogP contribution < -0.4 is 5.32 Å². The van der Waals surface area contributed by atoms with E-state index in [9.17, 15) is 9.90 Å². The molecule has 0 spiro atoms. The number of rotatable bonds is 5. The van der Waals surface area contributed by atoms with Crippen molar-refractivity contribution in [1.82, 2.24) is 4.98 Å². The van der Waals surface area contributed by atoms with Gasteiger partial charge in [0.1, 0.15) is 4.88 Å². The second-order valence-corrected chi connectivity index (χ2v) is 4.87. The number of nitrogens with one attached hydrogen (secondary N) is 1. The molecule has 0 aromatic carbocycles. The van der Waals surface area contributed by atoms with Crippen molar-refractivity contribution in [3.63, 3.8) is 0 Å². The minimum atomic E-state index is -0.890. The first-order chi connectivity index (χ1) is 8.72. The lowest BCUT2D eigenvalue weighted by Gasteiger charge is -2.02. The molecule has 0 atom stereocenters. The molecular formula is C13H14N2O2S. The van der Waals surface area contributed by atoms with Crippen LogP contribution in [0.3, 0.4) is 0 Å². The number of carboxylic acid groups (broad SMARTS) is 1. The zero-order chi connectivity index (χ0) is 13.0. The number of hydrogen-bond donors (Lipinski definition) is 2. The van der Waals surface area contributed by atoms with Gasteiger partial charge in [-0.15, -0.1) is 11.3 Å². The van der Waals surface area contributed by atoms with E-state index in [1.807, 2.05) is 25.1 Å². The second kappa shape index (κ2) is 5.64. The van der Waals surface area contributed by atoms with Crippen LogP contribution in [0, 0.1) is 0 Å². The summed E-state index contributed by atoms with van der Waals surface area (Å²) < 4.78 is 0. The van der Waals surface area contributed by atoms with Crippen molar-refractivity contribution in [1.29, 1.82) is 0 Å². The fourth-order valence-corrected chi connectivity index (χ4v) is 2.58. The van der Waals surface area contributed by atoms with Gasteiger partial charge >= 0.3 is 5.97 Å². The van der Waals surface area contributed by atoms with Gasteiger partial charge in [0.05, 0.1) is 5.69 Å². The van der Waals surface area contributed by atoms with Crippen molar-refractivity contribution in [2.24, 2.45) is 0 Å². The van der Waals surface area contributed by atoms with Gasteiger partial charge in [-0.25, -0.2) is 4.79 Å². The van der Waals surface area contributed by atoms with Crippen molar-refractivity contribution in [3.8, 4) is 10.4 Å². The van der Waals surface area contributed by atoms with Gasteiger partial charge in [-0.2, -0.15) is 0 Å². The average Bonchev–Trinajstić information content (AvgIpc) is 2.81. The number of aromatic nitrogens is 1. The van der Waals surface area contributed by atoms with Gasteiger partial charge in [-0.3, -0.25) is 4.98 Å². The minimum Gasteiger partial charge on any atom is -0.477 e. The number of carboxylic acids is 1. The summed E-state index contributed by atoms with van der Waals surface area (Å²) in [6, 6.07) is 5.64. The third-order valence-electron chi connectivity index (χ3n) is 2.46. The zero-order valence-corrected chi connectivity index (χ0v) is 10.8. The molecule has 0 radical (unpaired) electrons. The molecular weight excluding hydrogens is 248 g/mol. The van der Waals surface area contributed by atoms with Crippen LogP contribution in [0.15, 0.2) is 30.6 Å². The van der Waals surface area contributed by atoms with E-state index in [0.717, 1.165) is 23.4 Å². The Morgan fingerprint density at radius 2 is 2.17 bits per heavy atom. The molecule has 2 N–H and O–H groups in total. The predicted molar refractivity (Wildman–Crippen MR) is 73.3 cm³/mol. The maximum absolute atomic E-state index is 11.2. The van der Waals surface area contributed by atoms with Crippen LogP contribution in [0.1, 0.15) is 23.0 Å². The second-order valence-electron chi connectivity index (χ2n) is 3.82. The zero-order valence-electron chi connectivity index (χ0n) is 10.0. The van der Waals surface area contributed by atoms with Crippen molar-refractivity contribution < 1.29 is 9.90 Å². The molecule has 0 saturated carbocycles. The molecule has 0 amide bonds. The largest absolute Gasteiger partial charge is 0.477 e. The normalized spacial score (nSPS) is 10.3. The molecule has 2 rings (SSSR count). The van der Waals surface area contributed by atoms with Crippen molar-refractivity contribution >= 4 is 23.0 Å². The minimum absolute atomic E-state index is 0.357. The Morgan fingerprint density at radius 1 is 1.44 bits per heavy atom. The third kappa shape index (κ3) is 2.68. The molecule has 5 heteroatoms. The lowest BCUT2D eigenvalue weighted by atomic mass is 10.2. The molecule has 94 valence electrons. The highest BCUT2D eigenvalue weighted by Gasteiger charge is 2.15. The van der Waals surface area contributed by atoms with Gasteiger partial charge in [0.2, 0.25) is 0 Å². The number of carbonyl (C=O) groups is 1. The highest BCUT2D eigenvalue weighted by molar-refractivity contribution is 7.18. The Hall–Kier alpha value is -1.88. The Balaban J connectivity index is 2.36. The predicted octanol–water partition coefficient (Wildman–Crippen LogP) is 3.33. The fourth-order valence-electron chi connectivity index (χ4n) is 1.60. The van der Waals surface area contributed by atoms with Crippen LogP contribution in [0.4, 0.5) is 5.69 Å². The van der Waals surface area contributed by atoms with Gasteiger partial charge in [0, 0.05) is 23.8 Å². The van der Waals surface area contributed by atoms with Gasteiger partial charge in [0.25, 0.3) is 0 Å². The van der Waals surface area contributed by atoms with Gasteiger partial charge in [0.15, 0.2) is 0 Å². The Bertz CT molecular complexity index is 537. The first-order valence-electron chi connectivity index (χ1n) is 5.73. The molecule has 0 unspecified atom stereocenters.